The predicted molar refractivity (Wildman–Crippen MR) is 151 cm³/mol. The van der Waals surface area contributed by atoms with Gasteiger partial charge in [-0.25, -0.2) is 4.98 Å². The number of allylic oxidation sites excluding steroid dienone is 1. The van der Waals surface area contributed by atoms with E-state index in [9.17, 15) is 4.79 Å². The van der Waals surface area contributed by atoms with Gasteiger partial charge in [0.05, 0.1) is 16.4 Å². The van der Waals surface area contributed by atoms with E-state index < -0.39 is 0 Å². The Morgan fingerprint density at radius 3 is 2.89 bits per heavy atom. The third kappa shape index (κ3) is 4.68. The fourth-order valence-electron chi connectivity index (χ4n) is 4.64. The Morgan fingerprint density at radius 1 is 1.14 bits per heavy atom. The second kappa shape index (κ2) is 9.71. The molecule has 0 fully saturated rings. The van der Waals surface area contributed by atoms with E-state index in [4.69, 9.17) is 4.98 Å². The van der Waals surface area contributed by atoms with Gasteiger partial charge in [-0.1, -0.05) is 42.5 Å². The molecule has 0 radical (unpaired) electrons. The molecule has 3 heterocycles. The molecule has 37 heavy (non-hydrogen) atoms. The zero-order valence-electron chi connectivity index (χ0n) is 20.3. The summed E-state index contributed by atoms with van der Waals surface area (Å²) in [5.74, 6) is 0.682. The third-order valence-electron chi connectivity index (χ3n) is 6.55. The number of halogens is 1. The van der Waals surface area contributed by atoms with Gasteiger partial charge >= 0.3 is 0 Å². The lowest BCUT2D eigenvalue weighted by molar-refractivity contribution is 0.102. The molecular weight excluding hydrogens is 528 g/mol. The summed E-state index contributed by atoms with van der Waals surface area (Å²) in [6.45, 7) is 2.63. The van der Waals surface area contributed by atoms with Gasteiger partial charge in [0, 0.05) is 29.6 Å². The van der Waals surface area contributed by atoms with E-state index in [0.29, 0.717) is 12.2 Å². The third-order valence-corrected chi connectivity index (χ3v) is 7.11. The number of anilines is 2. The van der Waals surface area contributed by atoms with Crippen LogP contribution in [0, 0.1) is 6.92 Å². The Hall–Kier alpha value is -4.17. The van der Waals surface area contributed by atoms with Crippen LogP contribution < -0.4 is 10.6 Å². The van der Waals surface area contributed by atoms with Crippen LogP contribution in [-0.4, -0.2) is 25.5 Å². The number of fused-ring (bicyclic) bond motifs is 2. The van der Waals surface area contributed by atoms with Crippen molar-refractivity contribution in [3.63, 3.8) is 0 Å². The van der Waals surface area contributed by atoms with Crippen LogP contribution in [0.5, 0.6) is 0 Å². The predicted octanol–water partition coefficient (Wildman–Crippen LogP) is 6.62. The summed E-state index contributed by atoms with van der Waals surface area (Å²) in [7, 11) is 0. The molecule has 0 atom stereocenters. The number of hydrogen-bond donors (Lipinski definition) is 3. The fourth-order valence-corrected chi connectivity index (χ4v) is 4.99. The summed E-state index contributed by atoms with van der Waals surface area (Å²) in [5, 5.41) is 11.0. The number of nitrogens with one attached hydrogen (secondary N) is 3. The summed E-state index contributed by atoms with van der Waals surface area (Å²) >= 11 is 3.57. The van der Waals surface area contributed by atoms with Crippen LogP contribution in [0.3, 0.4) is 0 Å². The number of aromatic nitrogens is 4. The number of carbonyl (C=O) groups is 1. The SMILES string of the molecule is Cc1ccccc1-c1cc(NCc2cccc(NC(=O)c3cc4c([nH]3)C=CCC4)c2)n2ncc(Br)c2n1. The molecule has 0 unspecified atom stereocenters. The Morgan fingerprint density at radius 2 is 2.03 bits per heavy atom. The van der Waals surface area contributed by atoms with E-state index >= 15 is 0 Å². The molecule has 0 bridgehead atoms. The van der Waals surface area contributed by atoms with Gasteiger partial charge in [-0.2, -0.15) is 9.61 Å². The Bertz CT molecular complexity index is 1660. The average molecular weight is 553 g/mol. The van der Waals surface area contributed by atoms with Crippen LogP contribution in [0.15, 0.2) is 77.4 Å². The highest BCUT2D eigenvalue weighted by Crippen LogP contribution is 2.28. The van der Waals surface area contributed by atoms with Crippen molar-refractivity contribution in [3.05, 3.63) is 105 Å². The summed E-state index contributed by atoms with van der Waals surface area (Å²) in [6.07, 6.45) is 7.88. The van der Waals surface area contributed by atoms with Crippen LogP contribution >= 0.6 is 15.9 Å². The van der Waals surface area contributed by atoms with E-state index in [1.165, 1.54) is 5.56 Å². The summed E-state index contributed by atoms with van der Waals surface area (Å²) < 4.78 is 2.62. The number of aryl methyl sites for hydroxylation is 2. The molecule has 1 aliphatic carbocycles. The van der Waals surface area contributed by atoms with Crippen LogP contribution in [-0.2, 0) is 13.0 Å². The first-order valence-electron chi connectivity index (χ1n) is 12.2. The number of carbonyl (C=O) groups excluding carboxylic acids is 1. The highest BCUT2D eigenvalue weighted by Gasteiger charge is 2.15. The van der Waals surface area contributed by atoms with Crippen molar-refractivity contribution in [2.45, 2.75) is 26.3 Å². The second-order valence-electron chi connectivity index (χ2n) is 9.14. The van der Waals surface area contributed by atoms with Crippen LogP contribution in [0.25, 0.3) is 23.0 Å². The Labute approximate surface area is 222 Å². The van der Waals surface area contributed by atoms with Crippen molar-refractivity contribution in [2.75, 3.05) is 10.6 Å². The standard InChI is InChI=1S/C29H25BrN6O/c1-18-7-2-4-11-22(18)25-15-27(36-28(35-25)23(30)17-32-36)31-16-19-8-6-10-21(13-19)33-29(37)26-14-20-9-3-5-12-24(20)34-26/h2,4-8,10-15,17,31,34H,3,9,16H2,1H3,(H,33,37). The Balaban J connectivity index is 1.22. The minimum Gasteiger partial charge on any atom is -0.366 e. The van der Waals surface area contributed by atoms with Crippen molar-refractivity contribution in [3.8, 4) is 11.3 Å². The van der Waals surface area contributed by atoms with Crippen molar-refractivity contribution >= 4 is 45.1 Å². The number of H-pyrrole nitrogens is 1. The molecule has 184 valence electrons. The molecule has 1 aliphatic rings. The average Bonchev–Trinajstić information content (AvgIpc) is 3.52. The van der Waals surface area contributed by atoms with Crippen LogP contribution in [0.4, 0.5) is 11.5 Å². The fraction of sp³-hybridized carbons (Fsp3) is 0.138. The van der Waals surface area contributed by atoms with Crippen molar-refractivity contribution < 1.29 is 4.79 Å². The quantitative estimate of drug-likeness (QED) is 0.221. The lowest BCUT2D eigenvalue weighted by Crippen LogP contribution is -2.13. The number of benzene rings is 2. The van der Waals surface area contributed by atoms with Crippen LogP contribution in [0.1, 0.15) is 39.3 Å². The van der Waals surface area contributed by atoms with Gasteiger partial charge in [0.1, 0.15) is 11.5 Å². The minimum atomic E-state index is -0.145. The summed E-state index contributed by atoms with van der Waals surface area (Å²) in [6, 6.07) is 20.0. The zero-order chi connectivity index (χ0) is 25.4. The van der Waals surface area contributed by atoms with Crippen molar-refractivity contribution in [1.82, 2.24) is 19.6 Å². The molecule has 5 aromatic rings. The number of aromatic amines is 1. The van der Waals surface area contributed by atoms with E-state index in [0.717, 1.165) is 62.5 Å². The van der Waals surface area contributed by atoms with E-state index in [2.05, 4.69) is 61.8 Å². The van der Waals surface area contributed by atoms with Gasteiger partial charge in [-0.15, -0.1) is 0 Å². The van der Waals surface area contributed by atoms with E-state index in [-0.39, 0.29) is 5.91 Å². The van der Waals surface area contributed by atoms with Gasteiger partial charge < -0.3 is 15.6 Å². The monoisotopic (exact) mass is 552 g/mol. The highest BCUT2D eigenvalue weighted by molar-refractivity contribution is 9.10. The number of nitrogens with zero attached hydrogens (tertiary/aromatic N) is 3. The van der Waals surface area contributed by atoms with Crippen LogP contribution in [0.2, 0.25) is 0 Å². The number of hydrogen-bond acceptors (Lipinski definition) is 4. The maximum atomic E-state index is 12.9. The van der Waals surface area contributed by atoms with Gasteiger partial charge in [0.25, 0.3) is 5.91 Å². The number of rotatable bonds is 6. The topological polar surface area (TPSA) is 87.1 Å². The van der Waals surface area contributed by atoms with Gasteiger partial charge in [0.15, 0.2) is 5.65 Å². The van der Waals surface area contributed by atoms with Gasteiger partial charge in [-0.05, 0) is 76.7 Å². The molecule has 7 nitrogen and oxygen atoms in total. The normalized spacial score (nSPS) is 12.5. The van der Waals surface area contributed by atoms with E-state index in [1.54, 1.807) is 10.7 Å². The molecular formula is C29H25BrN6O. The first-order chi connectivity index (χ1) is 18.0. The largest absolute Gasteiger partial charge is 0.366 e. The molecule has 6 rings (SSSR count). The van der Waals surface area contributed by atoms with Crippen molar-refractivity contribution in [1.29, 1.82) is 0 Å². The van der Waals surface area contributed by atoms with E-state index in [1.807, 2.05) is 54.6 Å². The molecule has 3 N–H and O–H groups in total. The molecule has 1 amide bonds. The maximum absolute atomic E-state index is 12.9. The molecule has 0 aliphatic heterocycles. The summed E-state index contributed by atoms with van der Waals surface area (Å²) in [4.78, 5) is 20.9. The smallest absolute Gasteiger partial charge is 0.272 e. The van der Waals surface area contributed by atoms with Gasteiger partial charge in [-0.3, -0.25) is 4.79 Å². The summed E-state index contributed by atoms with van der Waals surface area (Å²) in [5.41, 5.74) is 8.40. The lowest BCUT2D eigenvalue weighted by atomic mass is 10.0. The molecule has 0 saturated heterocycles. The molecule has 0 saturated carbocycles. The minimum absolute atomic E-state index is 0.145. The van der Waals surface area contributed by atoms with Crippen molar-refractivity contribution in [2.24, 2.45) is 0 Å². The van der Waals surface area contributed by atoms with Gasteiger partial charge in [0.2, 0.25) is 0 Å². The Kier molecular flexibility index (Phi) is 6.10. The second-order valence-corrected chi connectivity index (χ2v) is 9.99. The molecule has 3 aromatic heterocycles. The number of amides is 1. The lowest BCUT2D eigenvalue weighted by Gasteiger charge is -2.13. The molecule has 2 aromatic carbocycles. The highest BCUT2D eigenvalue weighted by atomic mass is 79.9. The molecule has 0 spiro atoms. The first kappa shape index (κ1) is 23.2. The molecule has 8 heteroatoms. The maximum Gasteiger partial charge on any atom is 0.272 e. The first-order valence-corrected chi connectivity index (χ1v) is 13.0. The zero-order valence-corrected chi connectivity index (χ0v) is 21.8.